The lowest BCUT2D eigenvalue weighted by Crippen LogP contribution is -2.26. The Kier molecular flexibility index (Phi) is 12.4. The first-order chi connectivity index (χ1) is 13.6. The van der Waals surface area contributed by atoms with Crippen molar-refractivity contribution >= 4 is 5.78 Å². The van der Waals surface area contributed by atoms with Gasteiger partial charge >= 0.3 is 0 Å². The van der Waals surface area contributed by atoms with Crippen LogP contribution in [0.5, 0.6) is 0 Å². The Balaban J connectivity index is 2.13. The molecule has 0 aliphatic heterocycles. The van der Waals surface area contributed by atoms with E-state index in [1.54, 1.807) is 0 Å². The number of unbranched alkanes of at least 4 members (excludes halogenated alkanes) is 2. The third kappa shape index (κ3) is 11.9. The zero-order valence-corrected chi connectivity index (χ0v) is 19.9. The van der Waals surface area contributed by atoms with E-state index in [4.69, 9.17) is 0 Å². The fourth-order valence-electron chi connectivity index (χ4n) is 4.24. The Hall–Kier alpha value is -0.670. The highest BCUT2D eigenvalue weighted by molar-refractivity contribution is 5.78. The molecule has 2 atom stereocenters. The fourth-order valence-corrected chi connectivity index (χ4v) is 4.24. The maximum Gasteiger partial charge on any atom is 0.133 e. The maximum absolute atomic E-state index is 12.2. The molecule has 0 radical (unpaired) electrons. The van der Waals surface area contributed by atoms with Crippen molar-refractivity contribution in [1.29, 1.82) is 0 Å². The average molecular weight is 409 g/mol. The number of ketones is 1. The minimum Gasteiger partial charge on any atom is -0.393 e. The Bertz CT molecular complexity index is 495. The van der Waals surface area contributed by atoms with E-state index >= 15 is 0 Å². The second-order valence-electron chi connectivity index (χ2n) is 10.7. The van der Waals surface area contributed by atoms with Gasteiger partial charge in [-0.25, -0.2) is 0 Å². The smallest absolute Gasteiger partial charge is 0.133 e. The first kappa shape index (κ1) is 26.4. The molecule has 3 nitrogen and oxygen atoms in total. The molecular formula is C26H48O3. The fraction of sp³-hybridized carbons (Fsp3) is 0.885. The summed E-state index contributed by atoms with van der Waals surface area (Å²) in [5.74, 6) is 1.08. The molecule has 0 spiro atoms. The van der Waals surface area contributed by atoms with Crippen LogP contribution in [-0.4, -0.2) is 28.2 Å². The van der Waals surface area contributed by atoms with E-state index in [-0.39, 0.29) is 17.6 Å². The Labute approximate surface area is 180 Å². The van der Waals surface area contributed by atoms with E-state index in [1.165, 1.54) is 43.3 Å². The van der Waals surface area contributed by atoms with Gasteiger partial charge in [-0.2, -0.15) is 0 Å². The predicted molar refractivity (Wildman–Crippen MR) is 123 cm³/mol. The molecule has 0 saturated heterocycles. The second kappa shape index (κ2) is 13.6. The summed E-state index contributed by atoms with van der Waals surface area (Å²) in [7, 11) is 0. The van der Waals surface area contributed by atoms with Gasteiger partial charge in [0.1, 0.15) is 5.78 Å². The molecule has 1 aliphatic rings. The molecule has 0 heterocycles. The molecule has 2 unspecified atom stereocenters. The van der Waals surface area contributed by atoms with Gasteiger partial charge in [0.05, 0.1) is 12.2 Å². The van der Waals surface area contributed by atoms with Crippen LogP contribution in [0, 0.1) is 11.3 Å². The highest BCUT2D eigenvalue weighted by Gasteiger charge is 2.22. The van der Waals surface area contributed by atoms with Gasteiger partial charge in [-0.15, -0.1) is 0 Å². The molecule has 3 heteroatoms. The molecule has 0 aromatic rings. The van der Waals surface area contributed by atoms with Crippen LogP contribution in [0.25, 0.3) is 0 Å². The number of allylic oxidation sites excluding steroid dienone is 1. The zero-order chi connectivity index (χ0) is 21.9. The van der Waals surface area contributed by atoms with Crippen molar-refractivity contribution in [2.24, 2.45) is 11.3 Å². The molecule has 1 saturated carbocycles. The summed E-state index contributed by atoms with van der Waals surface area (Å²) in [6.45, 7) is 10.3. The van der Waals surface area contributed by atoms with Gasteiger partial charge in [0.25, 0.3) is 0 Å². The van der Waals surface area contributed by atoms with Crippen LogP contribution in [0.15, 0.2) is 11.1 Å². The number of carbonyl (C=O) groups is 1. The number of hydrogen-bond donors (Lipinski definition) is 2. The SMILES string of the molecule is CC(CCC(=O)CCCCCC(O)CC1CCCCC1)=C(C)CC(O)C(C)(C)C. The molecule has 2 N–H and O–H groups in total. The second-order valence-corrected chi connectivity index (χ2v) is 10.7. The summed E-state index contributed by atoms with van der Waals surface area (Å²) in [5.41, 5.74) is 2.35. The molecule has 29 heavy (non-hydrogen) atoms. The highest BCUT2D eigenvalue weighted by atomic mass is 16.3. The number of Topliss-reactive ketones (excluding diaryl/α,β-unsaturated/α-hetero) is 1. The normalized spacial score (nSPS) is 19.0. The summed E-state index contributed by atoms with van der Waals surface area (Å²) >= 11 is 0. The van der Waals surface area contributed by atoms with Gasteiger partial charge in [-0.1, -0.05) is 76.9 Å². The first-order valence-corrected chi connectivity index (χ1v) is 12.1. The number of aliphatic hydroxyl groups is 2. The Morgan fingerprint density at radius 1 is 0.897 bits per heavy atom. The van der Waals surface area contributed by atoms with E-state index in [1.807, 2.05) is 0 Å². The summed E-state index contributed by atoms with van der Waals surface area (Å²) in [6, 6.07) is 0. The lowest BCUT2D eigenvalue weighted by Gasteiger charge is -2.26. The maximum atomic E-state index is 12.2. The Morgan fingerprint density at radius 2 is 1.55 bits per heavy atom. The molecule has 0 aromatic carbocycles. The minimum atomic E-state index is -0.346. The topological polar surface area (TPSA) is 57.5 Å². The van der Waals surface area contributed by atoms with Gasteiger partial charge in [0.2, 0.25) is 0 Å². The van der Waals surface area contributed by atoms with Crippen molar-refractivity contribution in [2.45, 2.75) is 137 Å². The summed E-state index contributed by atoms with van der Waals surface area (Å²) in [4.78, 5) is 12.2. The van der Waals surface area contributed by atoms with Crippen LogP contribution >= 0.6 is 0 Å². The van der Waals surface area contributed by atoms with Crippen molar-refractivity contribution in [2.75, 3.05) is 0 Å². The molecule has 1 fully saturated rings. The van der Waals surface area contributed by atoms with Crippen LogP contribution in [0.3, 0.4) is 0 Å². The third-order valence-corrected chi connectivity index (χ3v) is 6.83. The van der Waals surface area contributed by atoms with E-state index in [0.29, 0.717) is 25.0 Å². The predicted octanol–water partition coefficient (Wildman–Crippen LogP) is 6.75. The van der Waals surface area contributed by atoms with E-state index in [0.717, 1.165) is 44.4 Å². The molecule has 1 aliphatic carbocycles. The van der Waals surface area contributed by atoms with Crippen LogP contribution in [-0.2, 0) is 4.79 Å². The summed E-state index contributed by atoms with van der Waals surface area (Å²) in [5, 5.41) is 20.5. The molecule has 1 rings (SSSR count). The first-order valence-electron chi connectivity index (χ1n) is 12.1. The number of carbonyl (C=O) groups excluding carboxylic acids is 1. The number of hydrogen-bond acceptors (Lipinski definition) is 3. The Morgan fingerprint density at radius 3 is 2.17 bits per heavy atom. The monoisotopic (exact) mass is 408 g/mol. The molecule has 0 aromatic heterocycles. The van der Waals surface area contributed by atoms with E-state index < -0.39 is 0 Å². The largest absolute Gasteiger partial charge is 0.393 e. The molecule has 0 bridgehead atoms. The van der Waals surface area contributed by atoms with E-state index in [9.17, 15) is 15.0 Å². The van der Waals surface area contributed by atoms with Crippen molar-refractivity contribution in [1.82, 2.24) is 0 Å². The van der Waals surface area contributed by atoms with Crippen molar-refractivity contribution in [3.05, 3.63) is 11.1 Å². The molecule has 170 valence electrons. The minimum absolute atomic E-state index is 0.110. The van der Waals surface area contributed by atoms with Crippen molar-refractivity contribution in [3.8, 4) is 0 Å². The van der Waals surface area contributed by atoms with Gasteiger partial charge in [-0.05, 0) is 57.3 Å². The standard InChI is InChI=1S/C26H48O3/c1-20(21(2)18-25(29)26(3,4)5)16-17-23(27)14-10-7-11-15-24(28)19-22-12-8-6-9-13-22/h22,24-25,28-29H,6-19H2,1-5H3. The third-order valence-electron chi connectivity index (χ3n) is 6.83. The summed E-state index contributed by atoms with van der Waals surface area (Å²) in [6.07, 6.45) is 13.8. The van der Waals surface area contributed by atoms with Crippen molar-refractivity contribution in [3.63, 3.8) is 0 Å². The molecular weight excluding hydrogens is 360 g/mol. The van der Waals surface area contributed by atoms with Crippen LogP contribution < -0.4 is 0 Å². The highest BCUT2D eigenvalue weighted by Crippen LogP contribution is 2.28. The molecule has 0 amide bonds. The van der Waals surface area contributed by atoms with Gasteiger partial charge in [-0.3, -0.25) is 4.79 Å². The number of aliphatic hydroxyl groups excluding tert-OH is 2. The average Bonchev–Trinajstić information content (AvgIpc) is 2.65. The van der Waals surface area contributed by atoms with Crippen LogP contribution in [0.4, 0.5) is 0 Å². The van der Waals surface area contributed by atoms with Crippen LogP contribution in [0.1, 0.15) is 125 Å². The van der Waals surface area contributed by atoms with Gasteiger partial charge in [0.15, 0.2) is 0 Å². The lowest BCUT2D eigenvalue weighted by molar-refractivity contribution is -0.119. The lowest BCUT2D eigenvalue weighted by atomic mass is 9.84. The summed E-state index contributed by atoms with van der Waals surface area (Å²) < 4.78 is 0. The van der Waals surface area contributed by atoms with E-state index in [2.05, 4.69) is 34.6 Å². The zero-order valence-electron chi connectivity index (χ0n) is 19.9. The van der Waals surface area contributed by atoms with Crippen molar-refractivity contribution < 1.29 is 15.0 Å². The van der Waals surface area contributed by atoms with Gasteiger partial charge < -0.3 is 10.2 Å². The van der Waals surface area contributed by atoms with Gasteiger partial charge in [0, 0.05) is 12.8 Å². The quantitative estimate of drug-likeness (QED) is 0.262. The number of rotatable bonds is 13. The van der Waals surface area contributed by atoms with Crippen LogP contribution in [0.2, 0.25) is 0 Å².